The summed E-state index contributed by atoms with van der Waals surface area (Å²) in [5, 5.41) is 12.2. The third-order valence-electron chi connectivity index (χ3n) is 7.25. The van der Waals surface area contributed by atoms with E-state index >= 15 is 0 Å². The van der Waals surface area contributed by atoms with E-state index in [1.54, 1.807) is 24.3 Å². The van der Waals surface area contributed by atoms with Gasteiger partial charge < -0.3 is 10.0 Å². The number of carbonyl (C=O) groups is 2. The van der Waals surface area contributed by atoms with Gasteiger partial charge in [-0.15, -0.1) is 0 Å². The molecule has 0 saturated carbocycles. The van der Waals surface area contributed by atoms with Crippen molar-refractivity contribution >= 4 is 40.4 Å². The van der Waals surface area contributed by atoms with Gasteiger partial charge in [0.15, 0.2) is 0 Å². The van der Waals surface area contributed by atoms with E-state index in [2.05, 4.69) is 39.5 Å². The minimum Gasteiger partial charge on any atom is -0.507 e. The molecule has 198 valence electrons. The van der Waals surface area contributed by atoms with Crippen LogP contribution in [0.3, 0.4) is 0 Å². The number of hydrogen-bond donors (Lipinski definition) is 1. The number of ketones is 1. The summed E-state index contributed by atoms with van der Waals surface area (Å²) in [6.07, 6.45) is 0. The van der Waals surface area contributed by atoms with Crippen molar-refractivity contribution in [1.29, 1.82) is 0 Å². The second-order valence-electron chi connectivity index (χ2n) is 10.7. The molecule has 1 unspecified atom stereocenters. The number of amides is 1. The molecule has 1 aliphatic rings. The van der Waals surface area contributed by atoms with E-state index < -0.39 is 17.7 Å². The summed E-state index contributed by atoms with van der Waals surface area (Å²) in [5.41, 5.74) is 4.65. The van der Waals surface area contributed by atoms with E-state index in [1.165, 1.54) is 4.90 Å². The third-order valence-corrected chi connectivity index (χ3v) is 7.50. The molecule has 5 nitrogen and oxygen atoms in total. The molecule has 1 aliphatic heterocycles. The lowest BCUT2D eigenvalue weighted by molar-refractivity contribution is -0.132. The second kappa shape index (κ2) is 10.7. The molecule has 38 heavy (non-hydrogen) atoms. The molecule has 3 aromatic rings. The SMILES string of the molecule is CCN(CC)c1ccc(C2/C(=C(\O)c3cc(C(C)(C)C)ccc3C)C(=O)C(=O)N2c2ccc(Cl)cc2)cc1. The summed E-state index contributed by atoms with van der Waals surface area (Å²) < 4.78 is 0. The highest BCUT2D eigenvalue weighted by molar-refractivity contribution is 6.51. The van der Waals surface area contributed by atoms with Crippen LogP contribution in [-0.2, 0) is 15.0 Å². The largest absolute Gasteiger partial charge is 0.507 e. The Bertz CT molecular complexity index is 1380. The Morgan fingerprint density at radius 3 is 2.11 bits per heavy atom. The fraction of sp³-hybridized carbons (Fsp3) is 0.312. The molecule has 6 heteroatoms. The van der Waals surface area contributed by atoms with Gasteiger partial charge >= 0.3 is 0 Å². The molecule has 3 aromatic carbocycles. The van der Waals surface area contributed by atoms with Gasteiger partial charge in [0.2, 0.25) is 0 Å². The second-order valence-corrected chi connectivity index (χ2v) is 11.1. The monoisotopic (exact) mass is 530 g/mol. The lowest BCUT2D eigenvalue weighted by Gasteiger charge is -2.27. The number of Topliss-reactive ketones (excluding diaryl/α,β-unsaturated/α-hetero) is 1. The van der Waals surface area contributed by atoms with Gasteiger partial charge in [-0.05, 0) is 85.3 Å². The van der Waals surface area contributed by atoms with Crippen LogP contribution in [0.4, 0.5) is 11.4 Å². The number of carbonyl (C=O) groups excluding carboxylic acids is 2. The van der Waals surface area contributed by atoms with Crippen LogP contribution in [0, 0.1) is 6.92 Å². The Balaban J connectivity index is 1.94. The van der Waals surface area contributed by atoms with Crippen LogP contribution in [0.15, 0.2) is 72.3 Å². The van der Waals surface area contributed by atoms with Gasteiger partial charge in [0, 0.05) is 35.1 Å². The normalized spacial score (nSPS) is 17.2. The van der Waals surface area contributed by atoms with Crippen LogP contribution in [0.1, 0.15) is 62.9 Å². The lowest BCUT2D eigenvalue weighted by atomic mass is 9.84. The fourth-order valence-electron chi connectivity index (χ4n) is 4.96. The Labute approximate surface area is 230 Å². The minimum atomic E-state index is -0.792. The van der Waals surface area contributed by atoms with Crippen LogP contribution in [-0.4, -0.2) is 29.9 Å². The number of hydrogen-bond acceptors (Lipinski definition) is 4. The number of aliphatic hydroxyl groups excluding tert-OH is 1. The molecular formula is C32H35ClN2O3. The molecule has 0 aliphatic carbocycles. The number of anilines is 2. The maximum absolute atomic E-state index is 13.6. The van der Waals surface area contributed by atoms with Crippen molar-refractivity contribution in [3.8, 4) is 0 Å². The highest BCUT2D eigenvalue weighted by atomic mass is 35.5. The maximum Gasteiger partial charge on any atom is 0.300 e. The predicted molar refractivity (Wildman–Crippen MR) is 156 cm³/mol. The van der Waals surface area contributed by atoms with E-state index in [1.807, 2.05) is 49.4 Å². The summed E-state index contributed by atoms with van der Waals surface area (Å²) in [6, 6.07) is 19.8. The smallest absolute Gasteiger partial charge is 0.300 e. The summed E-state index contributed by atoms with van der Waals surface area (Å²) in [7, 11) is 0. The maximum atomic E-state index is 13.6. The van der Waals surface area contributed by atoms with Crippen LogP contribution in [0.5, 0.6) is 0 Å². The van der Waals surface area contributed by atoms with E-state index in [0.717, 1.165) is 35.5 Å². The van der Waals surface area contributed by atoms with Gasteiger partial charge in [0.1, 0.15) is 5.76 Å². The lowest BCUT2D eigenvalue weighted by Crippen LogP contribution is -2.29. The number of nitrogens with zero attached hydrogens (tertiary/aromatic N) is 2. The van der Waals surface area contributed by atoms with Crippen molar-refractivity contribution < 1.29 is 14.7 Å². The quantitative estimate of drug-likeness (QED) is 0.205. The number of halogens is 1. The highest BCUT2D eigenvalue weighted by Gasteiger charge is 2.47. The van der Waals surface area contributed by atoms with E-state index in [0.29, 0.717) is 16.3 Å². The average Bonchev–Trinajstić information content (AvgIpc) is 3.15. The van der Waals surface area contributed by atoms with Gasteiger partial charge in [-0.2, -0.15) is 0 Å². The zero-order valence-electron chi connectivity index (χ0n) is 22.9. The molecule has 0 bridgehead atoms. The Morgan fingerprint density at radius 1 is 0.947 bits per heavy atom. The van der Waals surface area contributed by atoms with Crippen molar-refractivity contribution in [2.75, 3.05) is 22.9 Å². The Kier molecular flexibility index (Phi) is 7.70. The van der Waals surface area contributed by atoms with Crippen LogP contribution in [0.25, 0.3) is 5.76 Å². The molecule has 0 spiro atoms. The standard InChI is InChI=1S/C32H35ClN2O3/c1-7-34(8-2)24-15-10-21(11-16-24)28-27(29(36)26-19-22(32(4,5)6)12-9-20(26)3)30(37)31(38)35(28)25-17-13-23(33)14-18-25/h9-19,28,36H,7-8H2,1-6H3/b29-27+. The molecule has 1 N–H and O–H groups in total. The summed E-state index contributed by atoms with van der Waals surface area (Å²) in [5.74, 6) is -1.56. The van der Waals surface area contributed by atoms with E-state index in [4.69, 9.17) is 11.6 Å². The summed E-state index contributed by atoms with van der Waals surface area (Å²) in [4.78, 5) is 30.7. The van der Waals surface area contributed by atoms with Crippen LogP contribution in [0.2, 0.25) is 5.02 Å². The number of benzene rings is 3. The number of rotatable bonds is 6. The Morgan fingerprint density at radius 2 is 1.55 bits per heavy atom. The molecule has 0 radical (unpaired) electrons. The zero-order chi connectivity index (χ0) is 27.8. The third kappa shape index (κ3) is 5.08. The predicted octanol–water partition coefficient (Wildman–Crippen LogP) is 7.42. The van der Waals surface area contributed by atoms with Crippen molar-refractivity contribution in [1.82, 2.24) is 0 Å². The molecule has 4 rings (SSSR count). The van der Waals surface area contributed by atoms with Crippen molar-refractivity contribution in [3.63, 3.8) is 0 Å². The summed E-state index contributed by atoms with van der Waals surface area (Å²) in [6.45, 7) is 14.1. The number of aryl methyl sites for hydroxylation is 1. The van der Waals surface area contributed by atoms with Gasteiger partial charge in [-0.25, -0.2) is 0 Å². The molecule has 1 amide bonds. The topological polar surface area (TPSA) is 60.9 Å². The van der Waals surface area contributed by atoms with Gasteiger partial charge in [-0.1, -0.05) is 56.6 Å². The van der Waals surface area contributed by atoms with E-state index in [-0.39, 0.29) is 16.7 Å². The number of aliphatic hydroxyl groups is 1. The van der Waals surface area contributed by atoms with Crippen LogP contribution >= 0.6 is 11.6 Å². The molecule has 1 heterocycles. The van der Waals surface area contributed by atoms with Crippen molar-refractivity contribution in [2.45, 2.75) is 53.0 Å². The van der Waals surface area contributed by atoms with Gasteiger partial charge in [0.05, 0.1) is 11.6 Å². The molecule has 1 atom stereocenters. The molecular weight excluding hydrogens is 496 g/mol. The molecule has 0 aromatic heterocycles. The van der Waals surface area contributed by atoms with Crippen molar-refractivity contribution in [3.05, 3.63) is 99.6 Å². The molecule has 1 fully saturated rings. The van der Waals surface area contributed by atoms with Gasteiger partial charge in [-0.3, -0.25) is 14.5 Å². The first-order valence-electron chi connectivity index (χ1n) is 13.0. The highest BCUT2D eigenvalue weighted by Crippen LogP contribution is 2.43. The van der Waals surface area contributed by atoms with E-state index in [9.17, 15) is 14.7 Å². The fourth-order valence-corrected chi connectivity index (χ4v) is 5.09. The van der Waals surface area contributed by atoms with Gasteiger partial charge in [0.25, 0.3) is 11.7 Å². The zero-order valence-corrected chi connectivity index (χ0v) is 23.6. The summed E-state index contributed by atoms with van der Waals surface area (Å²) >= 11 is 6.12. The van der Waals surface area contributed by atoms with Crippen molar-refractivity contribution in [2.24, 2.45) is 0 Å². The minimum absolute atomic E-state index is 0.0784. The molecule has 1 saturated heterocycles. The first-order valence-corrected chi connectivity index (χ1v) is 13.4. The average molecular weight is 531 g/mol. The van der Waals surface area contributed by atoms with Crippen LogP contribution < -0.4 is 9.80 Å². The first-order chi connectivity index (χ1) is 18.0. The first kappa shape index (κ1) is 27.5. The Hall–Kier alpha value is -3.57.